The van der Waals surface area contributed by atoms with E-state index < -0.39 is 15.8 Å². The summed E-state index contributed by atoms with van der Waals surface area (Å²) in [6.45, 7) is 0.000984. The number of hydrogen-bond acceptors (Lipinski definition) is 3. The largest absolute Gasteiger partial charge is 0.326 e. The van der Waals surface area contributed by atoms with E-state index in [1.165, 1.54) is 30.3 Å². The van der Waals surface area contributed by atoms with Crippen LogP contribution in [0.2, 0.25) is 10.0 Å². The van der Waals surface area contributed by atoms with Crippen molar-refractivity contribution in [3.05, 3.63) is 57.8 Å². The number of rotatable bonds is 4. The fraction of sp³-hybridized carbons (Fsp3) is 0.0769. The first kappa shape index (κ1) is 16.0. The highest BCUT2D eigenvalue weighted by Crippen LogP contribution is 2.31. The third-order valence-electron chi connectivity index (χ3n) is 2.72. The highest BCUT2D eigenvalue weighted by atomic mass is 35.5. The molecule has 0 radical (unpaired) electrons. The van der Waals surface area contributed by atoms with Crippen molar-refractivity contribution in [2.45, 2.75) is 11.4 Å². The average Bonchev–Trinajstić information content (AvgIpc) is 2.38. The minimum Gasteiger partial charge on any atom is -0.326 e. The maximum Gasteiger partial charge on any atom is 0.263 e. The maximum atomic E-state index is 13.1. The van der Waals surface area contributed by atoms with E-state index in [1.807, 2.05) is 0 Å². The van der Waals surface area contributed by atoms with Crippen LogP contribution in [0.25, 0.3) is 0 Å². The minimum absolute atomic E-state index is 0.000984. The first-order chi connectivity index (χ1) is 9.85. The zero-order valence-electron chi connectivity index (χ0n) is 10.6. The summed E-state index contributed by atoms with van der Waals surface area (Å²) in [6.07, 6.45) is 0. The van der Waals surface area contributed by atoms with Crippen LogP contribution >= 0.6 is 23.2 Å². The first-order valence-corrected chi connectivity index (χ1v) is 8.04. The molecule has 0 aliphatic carbocycles. The molecule has 0 saturated heterocycles. The molecule has 2 aromatic rings. The summed E-state index contributed by atoms with van der Waals surface area (Å²) in [7, 11) is -3.97. The van der Waals surface area contributed by atoms with Crippen molar-refractivity contribution in [1.29, 1.82) is 0 Å². The van der Waals surface area contributed by atoms with Crippen molar-refractivity contribution in [1.82, 2.24) is 0 Å². The molecule has 21 heavy (non-hydrogen) atoms. The lowest BCUT2D eigenvalue weighted by Gasteiger charge is -2.12. The second-order valence-electron chi connectivity index (χ2n) is 4.16. The Morgan fingerprint density at radius 2 is 1.90 bits per heavy atom. The predicted octanol–water partition coefficient (Wildman–Crippen LogP) is 3.39. The van der Waals surface area contributed by atoms with Crippen molar-refractivity contribution >= 4 is 38.9 Å². The summed E-state index contributed by atoms with van der Waals surface area (Å²) in [5, 5.41) is 0.237. The predicted molar refractivity (Wildman–Crippen MR) is 81.6 cm³/mol. The van der Waals surface area contributed by atoms with Crippen molar-refractivity contribution in [2.24, 2.45) is 5.73 Å². The minimum atomic E-state index is -3.97. The molecule has 0 aliphatic rings. The topological polar surface area (TPSA) is 72.2 Å². The second-order valence-corrected chi connectivity index (χ2v) is 6.59. The molecule has 0 aliphatic heterocycles. The van der Waals surface area contributed by atoms with E-state index >= 15 is 0 Å². The van der Waals surface area contributed by atoms with Gasteiger partial charge in [-0.1, -0.05) is 29.3 Å². The van der Waals surface area contributed by atoms with Crippen LogP contribution in [0.3, 0.4) is 0 Å². The number of hydrogen-bond donors (Lipinski definition) is 2. The molecule has 0 unspecified atom stereocenters. The molecule has 0 aromatic heterocycles. The van der Waals surface area contributed by atoms with Gasteiger partial charge >= 0.3 is 0 Å². The molecule has 0 atom stereocenters. The van der Waals surface area contributed by atoms with Gasteiger partial charge in [0.1, 0.15) is 10.7 Å². The number of halogens is 3. The van der Waals surface area contributed by atoms with Gasteiger partial charge < -0.3 is 5.73 Å². The summed E-state index contributed by atoms with van der Waals surface area (Å²) in [4.78, 5) is -0.168. The Balaban J connectivity index is 2.45. The van der Waals surface area contributed by atoms with Crippen molar-refractivity contribution in [3.8, 4) is 0 Å². The summed E-state index contributed by atoms with van der Waals surface area (Å²) >= 11 is 11.9. The molecule has 2 rings (SSSR count). The van der Waals surface area contributed by atoms with Gasteiger partial charge in [-0.15, -0.1) is 0 Å². The summed E-state index contributed by atoms with van der Waals surface area (Å²) in [5.41, 5.74) is 5.93. The van der Waals surface area contributed by atoms with Crippen LogP contribution < -0.4 is 10.5 Å². The molecule has 0 fully saturated rings. The number of nitrogens with two attached hydrogens (primary N) is 1. The molecule has 112 valence electrons. The van der Waals surface area contributed by atoms with Gasteiger partial charge in [0.2, 0.25) is 0 Å². The highest BCUT2D eigenvalue weighted by molar-refractivity contribution is 7.92. The number of nitrogens with one attached hydrogen (secondary N) is 1. The van der Waals surface area contributed by atoms with Crippen LogP contribution in [-0.2, 0) is 16.6 Å². The molecule has 0 heterocycles. The lowest BCUT2D eigenvalue weighted by Crippen LogP contribution is -2.14. The standard InChI is InChI=1S/C13H11Cl2FN2O2S/c14-11-4-5-12(13(15)10(11)7-17)21(19,20)18-9-3-1-2-8(16)6-9/h1-6,18H,7,17H2. The van der Waals surface area contributed by atoms with Gasteiger partial charge in [-0.25, -0.2) is 12.8 Å². The highest BCUT2D eigenvalue weighted by Gasteiger charge is 2.21. The van der Waals surface area contributed by atoms with Crippen molar-refractivity contribution in [2.75, 3.05) is 4.72 Å². The van der Waals surface area contributed by atoms with Gasteiger partial charge in [-0.3, -0.25) is 4.72 Å². The molecule has 2 aromatic carbocycles. The molecule has 0 saturated carbocycles. The lowest BCUT2D eigenvalue weighted by molar-refractivity contribution is 0.601. The molecular weight excluding hydrogens is 338 g/mol. The lowest BCUT2D eigenvalue weighted by atomic mass is 10.2. The van der Waals surface area contributed by atoms with Crippen LogP contribution in [0.1, 0.15) is 5.56 Å². The van der Waals surface area contributed by atoms with E-state index in [1.54, 1.807) is 0 Å². The number of benzene rings is 2. The van der Waals surface area contributed by atoms with E-state index in [0.29, 0.717) is 5.56 Å². The zero-order chi connectivity index (χ0) is 15.6. The van der Waals surface area contributed by atoms with Crippen LogP contribution in [0.15, 0.2) is 41.3 Å². The Hall–Kier alpha value is -1.34. The third-order valence-corrected chi connectivity index (χ3v) is 5.04. The van der Waals surface area contributed by atoms with Gasteiger partial charge in [0.15, 0.2) is 0 Å². The van der Waals surface area contributed by atoms with Gasteiger partial charge in [-0.2, -0.15) is 0 Å². The van der Waals surface area contributed by atoms with E-state index in [0.717, 1.165) is 6.07 Å². The summed E-state index contributed by atoms with van der Waals surface area (Å²) in [6, 6.07) is 7.75. The number of anilines is 1. The van der Waals surface area contributed by atoms with Gasteiger partial charge in [0.25, 0.3) is 10.0 Å². The molecular formula is C13H11Cl2FN2O2S. The van der Waals surface area contributed by atoms with Crippen molar-refractivity contribution in [3.63, 3.8) is 0 Å². The Kier molecular flexibility index (Phi) is 4.73. The average molecular weight is 349 g/mol. The maximum absolute atomic E-state index is 13.1. The quantitative estimate of drug-likeness (QED) is 0.889. The fourth-order valence-electron chi connectivity index (χ4n) is 1.73. The number of sulfonamides is 1. The third kappa shape index (κ3) is 3.47. The van der Waals surface area contributed by atoms with Gasteiger partial charge in [0, 0.05) is 17.1 Å². The smallest absolute Gasteiger partial charge is 0.263 e. The summed E-state index contributed by atoms with van der Waals surface area (Å²) < 4.78 is 40.0. The molecule has 0 amide bonds. The Morgan fingerprint density at radius 3 is 2.52 bits per heavy atom. The Labute approximate surface area is 131 Å². The van der Waals surface area contributed by atoms with Gasteiger partial charge in [-0.05, 0) is 30.3 Å². The first-order valence-electron chi connectivity index (χ1n) is 5.80. The fourth-order valence-corrected chi connectivity index (χ4v) is 3.72. The molecule has 0 bridgehead atoms. The van der Waals surface area contributed by atoms with E-state index in [2.05, 4.69) is 4.72 Å². The molecule has 8 heteroatoms. The Bertz CT molecular complexity index is 782. The van der Waals surface area contributed by atoms with Crippen molar-refractivity contribution < 1.29 is 12.8 Å². The SMILES string of the molecule is NCc1c(Cl)ccc(S(=O)(=O)Nc2cccc(F)c2)c1Cl. The van der Waals surface area contributed by atoms with Gasteiger partial charge in [0.05, 0.1) is 10.7 Å². The van der Waals surface area contributed by atoms with Crippen LogP contribution in [-0.4, -0.2) is 8.42 Å². The van der Waals surface area contributed by atoms with Crippen LogP contribution in [0.4, 0.5) is 10.1 Å². The second kappa shape index (κ2) is 6.19. The zero-order valence-corrected chi connectivity index (χ0v) is 12.9. The van der Waals surface area contributed by atoms with Crippen LogP contribution in [0, 0.1) is 5.82 Å². The summed E-state index contributed by atoms with van der Waals surface area (Å²) in [5.74, 6) is -0.556. The Morgan fingerprint density at radius 1 is 1.19 bits per heavy atom. The van der Waals surface area contributed by atoms with E-state index in [9.17, 15) is 12.8 Å². The normalized spacial score (nSPS) is 11.4. The molecule has 4 nitrogen and oxygen atoms in total. The van der Waals surface area contributed by atoms with E-state index in [-0.39, 0.29) is 27.2 Å². The van der Waals surface area contributed by atoms with Crippen LogP contribution in [0.5, 0.6) is 0 Å². The molecule has 0 spiro atoms. The molecule has 3 N–H and O–H groups in total. The monoisotopic (exact) mass is 348 g/mol. The van der Waals surface area contributed by atoms with E-state index in [4.69, 9.17) is 28.9 Å².